The van der Waals surface area contributed by atoms with Gasteiger partial charge >= 0.3 is 0 Å². The normalized spacial score (nSPS) is 15.3. The highest BCUT2D eigenvalue weighted by Gasteiger charge is 2.31. The molecule has 1 atom stereocenters. The van der Waals surface area contributed by atoms with Gasteiger partial charge in [-0.1, -0.05) is 46.8 Å². The Morgan fingerprint density at radius 1 is 1.00 bits per heavy atom. The number of rotatable bonds is 5. The Bertz CT molecular complexity index is 262. The number of hydrogen-bond donors (Lipinski definition) is 0. The van der Waals surface area contributed by atoms with E-state index in [0.717, 1.165) is 5.92 Å². The third-order valence-electron chi connectivity index (χ3n) is 3.91. The van der Waals surface area contributed by atoms with Crippen LogP contribution in [0.4, 0.5) is 0 Å². The lowest BCUT2D eigenvalue weighted by Crippen LogP contribution is -2.47. The molecule has 0 saturated heterocycles. The van der Waals surface area contributed by atoms with Gasteiger partial charge in [-0.05, 0) is 52.0 Å². The maximum Gasteiger partial charge on any atom is 0.0312 e. The highest BCUT2D eigenvalue weighted by atomic mass is 15.2. The van der Waals surface area contributed by atoms with Gasteiger partial charge in [0.2, 0.25) is 0 Å². The topological polar surface area (TPSA) is 3.24 Å². The van der Waals surface area contributed by atoms with Gasteiger partial charge in [0.15, 0.2) is 0 Å². The fourth-order valence-corrected chi connectivity index (χ4v) is 2.06. The molecular weight excluding hydrogens is 218 g/mol. The average Bonchev–Trinajstić information content (AvgIpc) is 2.14. The summed E-state index contributed by atoms with van der Waals surface area (Å²) >= 11 is 0. The van der Waals surface area contributed by atoms with Crippen LogP contribution in [0.25, 0.3) is 0 Å². The van der Waals surface area contributed by atoms with Crippen LogP contribution in [0.3, 0.4) is 0 Å². The smallest absolute Gasteiger partial charge is 0.0312 e. The molecule has 1 heteroatoms. The van der Waals surface area contributed by atoms with Crippen LogP contribution in [-0.4, -0.2) is 23.5 Å². The summed E-state index contributed by atoms with van der Waals surface area (Å²) in [6.45, 7) is 22.7. The number of nitrogens with zero attached hydrogens (tertiary/aromatic N) is 1. The second kappa shape index (κ2) is 6.23. The first kappa shape index (κ1) is 17.7. The van der Waals surface area contributed by atoms with Crippen molar-refractivity contribution in [1.82, 2.24) is 4.90 Å². The zero-order valence-electron chi connectivity index (χ0n) is 14.2. The molecule has 108 valence electrons. The largest absolute Gasteiger partial charge is 0.295 e. The SMILES string of the molecule is C=C(C(CCC(C)C)N(C)C(C)(C)C)C(C)(C)C. The van der Waals surface area contributed by atoms with Crippen LogP contribution in [0, 0.1) is 11.3 Å². The quantitative estimate of drug-likeness (QED) is 0.614. The molecule has 0 amide bonds. The summed E-state index contributed by atoms with van der Waals surface area (Å²) in [5, 5.41) is 0. The van der Waals surface area contributed by atoms with Crippen molar-refractivity contribution >= 4 is 0 Å². The fraction of sp³-hybridized carbons (Fsp3) is 0.882. The van der Waals surface area contributed by atoms with Gasteiger partial charge in [0, 0.05) is 11.6 Å². The standard InChI is InChI=1S/C17H35N/c1-13(2)11-12-15(14(3)16(4,5)6)18(10)17(7,8)9/h13,15H,3,11-12H2,1-2,4-10H3. The van der Waals surface area contributed by atoms with Crippen molar-refractivity contribution in [2.24, 2.45) is 11.3 Å². The minimum Gasteiger partial charge on any atom is -0.295 e. The van der Waals surface area contributed by atoms with Gasteiger partial charge in [0.1, 0.15) is 0 Å². The van der Waals surface area contributed by atoms with Gasteiger partial charge in [0.05, 0.1) is 0 Å². The van der Waals surface area contributed by atoms with Crippen LogP contribution in [0.15, 0.2) is 12.2 Å². The Kier molecular flexibility index (Phi) is 6.13. The van der Waals surface area contributed by atoms with Gasteiger partial charge in [-0.3, -0.25) is 4.90 Å². The van der Waals surface area contributed by atoms with Crippen molar-refractivity contribution in [1.29, 1.82) is 0 Å². The Hall–Kier alpha value is -0.300. The molecule has 0 N–H and O–H groups in total. The molecule has 0 aromatic heterocycles. The van der Waals surface area contributed by atoms with Gasteiger partial charge in [-0.15, -0.1) is 0 Å². The molecule has 0 rings (SSSR count). The Morgan fingerprint density at radius 3 is 1.72 bits per heavy atom. The summed E-state index contributed by atoms with van der Waals surface area (Å²) < 4.78 is 0. The first-order chi connectivity index (χ1) is 7.87. The van der Waals surface area contributed by atoms with Crippen molar-refractivity contribution in [3.05, 3.63) is 12.2 Å². The molecule has 0 radical (unpaired) electrons. The van der Waals surface area contributed by atoms with E-state index >= 15 is 0 Å². The van der Waals surface area contributed by atoms with E-state index in [1.54, 1.807) is 0 Å². The Balaban J connectivity index is 5.00. The lowest BCUT2D eigenvalue weighted by molar-refractivity contribution is 0.115. The summed E-state index contributed by atoms with van der Waals surface area (Å²) in [6, 6.07) is 0.479. The van der Waals surface area contributed by atoms with Crippen molar-refractivity contribution in [2.75, 3.05) is 7.05 Å². The third-order valence-corrected chi connectivity index (χ3v) is 3.91. The molecule has 0 aliphatic heterocycles. The predicted octanol–water partition coefficient (Wildman–Crippen LogP) is 5.12. The van der Waals surface area contributed by atoms with E-state index in [2.05, 4.69) is 73.9 Å². The molecular formula is C17H35N. The Morgan fingerprint density at radius 2 is 1.44 bits per heavy atom. The van der Waals surface area contributed by atoms with E-state index in [0.29, 0.717) is 6.04 Å². The second-order valence-corrected chi connectivity index (χ2v) is 8.04. The zero-order valence-corrected chi connectivity index (χ0v) is 14.2. The van der Waals surface area contributed by atoms with E-state index in [4.69, 9.17) is 0 Å². The molecule has 1 unspecified atom stereocenters. The average molecular weight is 253 g/mol. The fourth-order valence-electron chi connectivity index (χ4n) is 2.06. The van der Waals surface area contributed by atoms with Crippen LogP contribution in [-0.2, 0) is 0 Å². The molecule has 0 aliphatic carbocycles. The van der Waals surface area contributed by atoms with E-state index in [-0.39, 0.29) is 11.0 Å². The molecule has 0 spiro atoms. The number of likely N-dealkylation sites (N-methyl/N-ethyl adjacent to an activating group) is 1. The summed E-state index contributed by atoms with van der Waals surface area (Å²) in [6.07, 6.45) is 2.47. The second-order valence-electron chi connectivity index (χ2n) is 8.04. The van der Waals surface area contributed by atoms with Crippen LogP contribution in [0.2, 0.25) is 0 Å². The number of hydrogen-bond acceptors (Lipinski definition) is 1. The molecule has 0 aromatic rings. The minimum absolute atomic E-state index is 0.182. The van der Waals surface area contributed by atoms with Crippen LogP contribution in [0.1, 0.15) is 68.2 Å². The van der Waals surface area contributed by atoms with Gasteiger partial charge < -0.3 is 0 Å². The molecule has 0 heterocycles. The maximum absolute atomic E-state index is 4.40. The molecule has 0 fully saturated rings. The van der Waals surface area contributed by atoms with E-state index < -0.39 is 0 Å². The highest BCUT2D eigenvalue weighted by Crippen LogP contribution is 2.33. The summed E-state index contributed by atoms with van der Waals surface area (Å²) in [5.41, 5.74) is 1.73. The van der Waals surface area contributed by atoms with Gasteiger partial charge in [0.25, 0.3) is 0 Å². The van der Waals surface area contributed by atoms with E-state index in [1.165, 1.54) is 18.4 Å². The minimum atomic E-state index is 0.182. The zero-order chi connectivity index (χ0) is 14.7. The van der Waals surface area contributed by atoms with Crippen LogP contribution >= 0.6 is 0 Å². The molecule has 18 heavy (non-hydrogen) atoms. The molecule has 0 bridgehead atoms. The lowest BCUT2D eigenvalue weighted by atomic mass is 9.79. The van der Waals surface area contributed by atoms with Gasteiger partial charge in [-0.2, -0.15) is 0 Å². The molecule has 1 nitrogen and oxygen atoms in total. The maximum atomic E-state index is 4.40. The van der Waals surface area contributed by atoms with Gasteiger partial charge in [-0.25, -0.2) is 0 Å². The third kappa shape index (κ3) is 5.56. The first-order valence-corrected chi connectivity index (χ1v) is 7.29. The van der Waals surface area contributed by atoms with Crippen LogP contribution in [0.5, 0.6) is 0 Å². The summed E-state index contributed by atoms with van der Waals surface area (Å²) in [4.78, 5) is 2.49. The molecule has 0 aliphatic rings. The monoisotopic (exact) mass is 253 g/mol. The van der Waals surface area contributed by atoms with Crippen molar-refractivity contribution in [3.8, 4) is 0 Å². The van der Waals surface area contributed by atoms with Crippen LogP contribution < -0.4 is 0 Å². The predicted molar refractivity (Wildman–Crippen MR) is 84.0 cm³/mol. The van der Waals surface area contributed by atoms with Crippen molar-refractivity contribution in [2.45, 2.75) is 79.8 Å². The summed E-state index contributed by atoms with van der Waals surface area (Å²) in [7, 11) is 2.24. The van der Waals surface area contributed by atoms with Crippen molar-refractivity contribution in [3.63, 3.8) is 0 Å². The van der Waals surface area contributed by atoms with Crippen molar-refractivity contribution < 1.29 is 0 Å². The van der Waals surface area contributed by atoms with E-state index in [9.17, 15) is 0 Å². The summed E-state index contributed by atoms with van der Waals surface area (Å²) in [5.74, 6) is 0.758. The molecule has 0 saturated carbocycles. The highest BCUT2D eigenvalue weighted by molar-refractivity contribution is 5.15. The van der Waals surface area contributed by atoms with E-state index in [1.807, 2.05) is 0 Å². The molecule has 0 aromatic carbocycles. The lowest BCUT2D eigenvalue weighted by Gasteiger charge is -2.43. The Labute approximate surface area is 116 Å². The first-order valence-electron chi connectivity index (χ1n) is 7.29.